The van der Waals surface area contributed by atoms with E-state index in [-0.39, 0.29) is 12.1 Å². The third-order valence-corrected chi connectivity index (χ3v) is 5.80. The van der Waals surface area contributed by atoms with Gasteiger partial charge in [-0.3, -0.25) is 4.90 Å². The van der Waals surface area contributed by atoms with Gasteiger partial charge in [-0.25, -0.2) is 9.78 Å². The molecule has 2 N–H and O–H groups in total. The molecule has 162 valence electrons. The number of hydrogen-bond acceptors (Lipinski definition) is 4. The lowest BCUT2D eigenvalue weighted by Crippen LogP contribution is -2.48. The third-order valence-electron chi connectivity index (χ3n) is 5.80. The Hall–Kier alpha value is -2.60. The van der Waals surface area contributed by atoms with Crippen LogP contribution in [0, 0.1) is 6.92 Å². The van der Waals surface area contributed by atoms with E-state index < -0.39 is 0 Å². The molecular weight excluding hydrogens is 374 g/mol. The maximum absolute atomic E-state index is 12.3. The first-order valence-electron chi connectivity index (χ1n) is 11.1. The standard InChI is InChI=1S/C24H35N5O/c1-4-28(5-2)18-21-11-9-20(10-12-21)17-25-24(30)27-22-13-15-29(16-14-22)23-8-6-7-19(3)26-23/h6-12,22H,4-5,13-18H2,1-3H3,(H2,25,27,30). The minimum Gasteiger partial charge on any atom is -0.356 e. The predicted molar refractivity (Wildman–Crippen MR) is 123 cm³/mol. The fraction of sp³-hybridized carbons (Fsp3) is 0.500. The first-order valence-corrected chi connectivity index (χ1v) is 11.1. The van der Waals surface area contributed by atoms with Crippen LogP contribution in [0.15, 0.2) is 42.5 Å². The van der Waals surface area contributed by atoms with E-state index >= 15 is 0 Å². The van der Waals surface area contributed by atoms with Gasteiger partial charge in [-0.15, -0.1) is 0 Å². The van der Waals surface area contributed by atoms with Crippen molar-refractivity contribution in [2.75, 3.05) is 31.1 Å². The quantitative estimate of drug-likeness (QED) is 0.698. The second-order valence-electron chi connectivity index (χ2n) is 8.00. The van der Waals surface area contributed by atoms with Crippen molar-refractivity contribution in [2.45, 2.75) is 52.7 Å². The zero-order valence-corrected chi connectivity index (χ0v) is 18.5. The van der Waals surface area contributed by atoms with Crippen LogP contribution in [-0.4, -0.2) is 48.1 Å². The number of nitrogens with zero attached hydrogens (tertiary/aromatic N) is 3. The molecule has 2 heterocycles. The Bertz CT molecular complexity index is 795. The summed E-state index contributed by atoms with van der Waals surface area (Å²) in [5, 5.41) is 6.11. The third kappa shape index (κ3) is 6.46. The normalized spacial score (nSPS) is 14.7. The lowest BCUT2D eigenvalue weighted by molar-refractivity contribution is 0.234. The highest BCUT2D eigenvalue weighted by Gasteiger charge is 2.21. The number of pyridine rings is 1. The van der Waals surface area contributed by atoms with Crippen molar-refractivity contribution in [3.63, 3.8) is 0 Å². The first kappa shape index (κ1) is 22.1. The summed E-state index contributed by atoms with van der Waals surface area (Å²) < 4.78 is 0. The number of piperidine rings is 1. The number of anilines is 1. The fourth-order valence-corrected chi connectivity index (χ4v) is 3.84. The predicted octanol–water partition coefficient (Wildman–Crippen LogP) is 3.70. The summed E-state index contributed by atoms with van der Waals surface area (Å²) in [4.78, 5) is 21.6. The minimum absolute atomic E-state index is 0.0886. The molecule has 0 spiro atoms. The van der Waals surface area contributed by atoms with Gasteiger partial charge in [-0.2, -0.15) is 0 Å². The Balaban J connectivity index is 1.39. The number of carbonyl (C=O) groups excluding carboxylic acids is 1. The molecule has 1 aromatic carbocycles. The number of urea groups is 1. The number of benzene rings is 1. The van der Waals surface area contributed by atoms with Crippen LogP contribution < -0.4 is 15.5 Å². The number of amides is 2. The number of aromatic nitrogens is 1. The average Bonchev–Trinajstić information content (AvgIpc) is 2.77. The van der Waals surface area contributed by atoms with Crippen LogP contribution in [0.1, 0.15) is 43.5 Å². The highest BCUT2D eigenvalue weighted by atomic mass is 16.2. The summed E-state index contributed by atoms with van der Waals surface area (Å²) >= 11 is 0. The van der Waals surface area contributed by atoms with E-state index in [1.165, 1.54) is 5.56 Å². The van der Waals surface area contributed by atoms with E-state index in [2.05, 4.69) is 69.6 Å². The molecule has 0 atom stereocenters. The monoisotopic (exact) mass is 409 g/mol. The zero-order chi connectivity index (χ0) is 21.3. The van der Waals surface area contributed by atoms with Crippen molar-refractivity contribution >= 4 is 11.8 Å². The van der Waals surface area contributed by atoms with Crippen LogP contribution in [0.2, 0.25) is 0 Å². The highest BCUT2D eigenvalue weighted by Crippen LogP contribution is 2.18. The van der Waals surface area contributed by atoms with Crippen molar-refractivity contribution < 1.29 is 4.79 Å². The van der Waals surface area contributed by atoms with Gasteiger partial charge < -0.3 is 15.5 Å². The molecule has 1 fully saturated rings. The largest absolute Gasteiger partial charge is 0.356 e. The SMILES string of the molecule is CCN(CC)Cc1ccc(CNC(=O)NC2CCN(c3cccc(C)n3)CC2)cc1. The molecule has 1 saturated heterocycles. The Morgan fingerprint density at radius 3 is 2.37 bits per heavy atom. The number of rotatable bonds is 8. The van der Waals surface area contributed by atoms with Gasteiger partial charge in [0.1, 0.15) is 5.82 Å². The summed E-state index contributed by atoms with van der Waals surface area (Å²) in [5.41, 5.74) is 3.46. The molecule has 1 aliphatic rings. The summed E-state index contributed by atoms with van der Waals surface area (Å²) in [7, 11) is 0. The average molecular weight is 410 g/mol. The molecule has 1 aliphatic heterocycles. The van der Waals surface area contributed by atoms with Crippen molar-refractivity contribution in [1.29, 1.82) is 0 Å². The van der Waals surface area contributed by atoms with Crippen LogP contribution in [0.3, 0.4) is 0 Å². The fourth-order valence-electron chi connectivity index (χ4n) is 3.84. The summed E-state index contributed by atoms with van der Waals surface area (Å²) in [6.07, 6.45) is 1.87. The maximum Gasteiger partial charge on any atom is 0.315 e. The van der Waals surface area contributed by atoms with Gasteiger partial charge in [0.15, 0.2) is 0 Å². The molecule has 3 rings (SSSR count). The molecule has 6 heteroatoms. The van der Waals surface area contributed by atoms with Gasteiger partial charge in [0, 0.05) is 37.9 Å². The van der Waals surface area contributed by atoms with Gasteiger partial charge in [0.2, 0.25) is 0 Å². The lowest BCUT2D eigenvalue weighted by atomic mass is 10.1. The number of hydrogen-bond donors (Lipinski definition) is 2. The zero-order valence-electron chi connectivity index (χ0n) is 18.5. The smallest absolute Gasteiger partial charge is 0.315 e. The van der Waals surface area contributed by atoms with Crippen LogP contribution in [0.25, 0.3) is 0 Å². The topological polar surface area (TPSA) is 60.5 Å². The van der Waals surface area contributed by atoms with Crippen molar-refractivity contribution in [3.8, 4) is 0 Å². The molecule has 0 saturated carbocycles. The van der Waals surface area contributed by atoms with Gasteiger partial charge in [0.05, 0.1) is 0 Å². The molecule has 1 aromatic heterocycles. The molecule has 6 nitrogen and oxygen atoms in total. The molecule has 0 radical (unpaired) electrons. The second kappa shape index (κ2) is 11.0. The first-order chi connectivity index (χ1) is 14.6. The van der Waals surface area contributed by atoms with Crippen LogP contribution in [0.4, 0.5) is 10.6 Å². The Labute approximate surface area is 180 Å². The molecule has 2 aromatic rings. The van der Waals surface area contributed by atoms with Crippen LogP contribution in [-0.2, 0) is 13.1 Å². The van der Waals surface area contributed by atoms with E-state index in [0.717, 1.165) is 62.6 Å². The lowest BCUT2D eigenvalue weighted by Gasteiger charge is -2.33. The molecule has 2 amide bonds. The molecule has 30 heavy (non-hydrogen) atoms. The second-order valence-corrected chi connectivity index (χ2v) is 8.00. The van der Waals surface area contributed by atoms with E-state index in [9.17, 15) is 4.79 Å². The van der Waals surface area contributed by atoms with Gasteiger partial charge in [-0.05, 0) is 56.1 Å². The van der Waals surface area contributed by atoms with Gasteiger partial charge in [0.25, 0.3) is 0 Å². The van der Waals surface area contributed by atoms with Gasteiger partial charge in [-0.1, -0.05) is 44.2 Å². The van der Waals surface area contributed by atoms with Crippen LogP contribution in [0.5, 0.6) is 0 Å². The van der Waals surface area contributed by atoms with Gasteiger partial charge >= 0.3 is 6.03 Å². The number of carbonyl (C=O) groups is 1. The highest BCUT2D eigenvalue weighted by molar-refractivity contribution is 5.74. The van der Waals surface area contributed by atoms with Crippen molar-refractivity contribution in [1.82, 2.24) is 20.5 Å². The Kier molecular flexibility index (Phi) is 8.08. The van der Waals surface area contributed by atoms with E-state index in [1.807, 2.05) is 19.1 Å². The van der Waals surface area contributed by atoms with Crippen molar-refractivity contribution in [3.05, 3.63) is 59.3 Å². The number of aryl methyl sites for hydroxylation is 1. The molecule has 0 aliphatic carbocycles. The van der Waals surface area contributed by atoms with Crippen LogP contribution >= 0.6 is 0 Å². The summed E-state index contributed by atoms with van der Waals surface area (Å²) in [6.45, 7) is 11.8. The summed E-state index contributed by atoms with van der Waals surface area (Å²) in [6, 6.07) is 14.8. The Morgan fingerprint density at radius 1 is 1.07 bits per heavy atom. The maximum atomic E-state index is 12.3. The van der Waals surface area contributed by atoms with E-state index in [0.29, 0.717) is 6.54 Å². The summed E-state index contributed by atoms with van der Waals surface area (Å²) in [5.74, 6) is 1.03. The molecule has 0 unspecified atom stereocenters. The minimum atomic E-state index is -0.0886. The van der Waals surface area contributed by atoms with Crippen molar-refractivity contribution in [2.24, 2.45) is 0 Å². The Morgan fingerprint density at radius 2 is 1.73 bits per heavy atom. The van der Waals surface area contributed by atoms with E-state index in [1.54, 1.807) is 0 Å². The van der Waals surface area contributed by atoms with E-state index in [4.69, 9.17) is 0 Å². The number of nitrogens with one attached hydrogen (secondary N) is 2. The molecular formula is C24H35N5O. The molecule has 0 bridgehead atoms.